The van der Waals surface area contributed by atoms with Crippen molar-refractivity contribution in [3.05, 3.63) is 58.9 Å². The Kier molecular flexibility index (Phi) is 9.07. The molecule has 4 heteroatoms. The SMILES string of the molecule is CCCCCC1CCC(C2CCC(c3ccc4c(c3F)OC(=O)C(c3ccc(OCC)cc3)C4)CC2)CC1. The highest BCUT2D eigenvalue weighted by Gasteiger charge is 2.35. The van der Waals surface area contributed by atoms with E-state index in [1.165, 1.54) is 64.2 Å². The van der Waals surface area contributed by atoms with Crippen LogP contribution < -0.4 is 9.47 Å². The van der Waals surface area contributed by atoms with Gasteiger partial charge in [0.2, 0.25) is 0 Å². The molecule has 0 radical (unpaired) electrons. The average Bonchev–Trinajstić information content (AvgIpc) is 2.95. The van der Waals surface area contributed by atoms with Crippen LogP contribution in [0.2, 0.25) is 0 Å². The molecular weight excluding hydrogens is 475 g/mol. The average molecular weight is 521 g/mol. The fourth-order valence-corrected chi connectivity index (χ4v) is 7.42. The smallest absolute Gasteiger partial charge is 0.319 e. The summed E-state index contributed by atoms with van der Waals surface area (Å²) in [6, 6.07) is 11.5. The predicted octanol–water partition coefficient (Wildman–Crippen LogP) is 9.13. The minimum atomic E-state index is -0.416. The fraction of sp³-hybridized carbons (Fsp3) is 0.618. The number of hydrogen-bond acceptors (Lipinski definition) is 3. The molecule has 2 saturated carbocycles. The Balaban J connectivity index is 1.17. The molecular formula is C34H45FO3. The first-order valence-electron chi connectivity index (χ1n) is 15.3. The first-order chi connectivity index (χ1) is 18.6. The molecule has 0 amide bonds. The quantitative estimate of drug-likeness (QED) is 0.188. The monoisotopic (exact) mass is 520 g/mol. The van der Waals surface area contributed by atoms with Gasteiger partial charge in [0.05, 0.1) is 12.5 Å². The summed E-state index contributed by atoms with van der Waals surface area (Å²) in [4.78, 5) is 12.9. The maximum absolute atomic E-state index is 15.7. The van der Waals surface area contributed by atoms with Crippen molar-refractivity contribution in [1.82, 2.24) is 0 Å². The third-order valence-electron chi connectivity index (χ3n) is 9.70. The first kappa shape index (κ1) is 27.2. The number of carbonyl (C=O) groups excluding carboxylic acids is 1. The van der Waals surface area contributed by atoms with Gasteiger partial charge in [-0.25, -0.2) is 4.39 Å². The third-order valence-corrected chi connectivity index (χ3v) is 9.70. The van der Waals surface area contributed by atoms with E-state index in [9.17, 15) is 4.79 Å². The number of halogens is 1. The molecule has 1 atom stereocenters. The fourth-order valence-electron chi connectivity index (χ4n) is 7.42. The molecule has 206 valence electrons. The van der Waals surface area contributed by atoms with Gasteiger partial charge in [0, 0.05) is 0 Å². The van der Waals surface area contributed by atoms with E-state index in [4.69, 9.17) is 9.47 Å². The van der Waals surface area contributed by atoms with E-state index < -0.39 is 5.92 Å². The van der Waals surface area contributed by atoms with Crippen molar-refractivity contribution < 1.29 is 18.7 Å². The Hall–Kier alpha value is -2.36. The van der Waals surface area contributed by atoms with Crippen molar-refractivity contribution >= 4 is 5.97 Å². The first-order valence-corrected chi connectivity index (χ1v) is 15.3. The highest BCUT2D eigenvalue weighted by molar-refractivity contribution is 5.83. The van der Waals surface area contributed by atoms with Crippen LogP contribution >= 0.6 is 0 Å². The summed E-state index contributed by atoms with van der Waals surface area (Å²) in [5, 5.41) is 0. The molecule has 5 rings (SSSR count). The normalized spacial score (nSPS) is 27.4. The van der Waals surface area contributed by atoms with Crippen LogP contribution in [-0.4, -0.2) is 12.6 Å². The molecule has 0 aromatic heterocycles. The number of hydrogen-bond donors (Lipinski definition) is 0. The lowest BCUT2D eigenvalue weighted by atomic mass is 9.68. The second-order valence-corrected chi connectivity index (χ2v) is 12.0. The molecule has 2 aromatic rings. The van der Waals surface area contributed by atoms with Crippen LogP contribution in [0.1, 0.15) is 119 Å². The molecule has 3 aliphatic rings. The zero-order valence-electron chi connectivity index (χ0n) is 23.4. The van der Waals surface area contributed by atoms with Crippen LogP contribution in [0.15, 0.2) is 36.4 Å². The Morgan fingerprint density at radius 3 is 2.21 bits per heavy atom. The number of esters is 1. The summed E-state index contributed by atoms with van der Waals surface area (Å²) >= 11 is 0. The van der Waals surface area contributed by atoms with E-state index in [1.54, 1.807) is 0 Å². The van der Waals surface area contributed by atoms with Crippen LogP contribution in [0.3, 0.4) is 0 Å². The second-order valence-electron chi connectivity index (χ2n) is 12.0. The van der Waals surface area contributed by atoms with Crippen LogP contribution in [-0.2, 0) is 11.2 Å². The van der Waals surface area contributed by atoms with Crippen LogP contribution in [0, 0.1) is 23.6 Å². The van der Waals surface area contributed by atoms with Crippen molar-refractivity contribution in [3.63, 3.8) is 0 Å². The summed E-state index contributed by atoms with van der Waals surface area (Å²) in [5.74, 6) is 2.70. The van der Waals surface area contributed by atoms with E-state index in [0.29, 0.717) is 13.0 Å². The minimum Gasteiger partial charge on any atom is -0.494 e. The van der Waals surface area contributed by atoms with Gasteiger partial charge in [-0.15, -0.1) is 0 Å². The van der Waals surface area contributed by atoms with Crippen molar-refractivity contribution in [1.29, 1.82) is 0 Å². The van der Waals surface area contributed by atoms with Gasteiger partial charge in [0.15, 0.2) is 11.6 Å². The minimum absolute atomic E-state index is 0.165. The molecule has 2 aliphatic carbocycles. The molecule has 0 spiro atoms. The Morgan fingerprint density at radius 1 is 0.868 bits per heavy atom. The lowest BCUT2D eigenvalue weighted by Gasteiger charge is -2.38. The molecule has 0 bridgehead atoms. The van der Waals surface area contributed by atoms with Gasteiger partial charge in [-0.3, -0.25) is 4.79 Å². The van der Waals surface area contributed by atoms with E-state index in [2.05, 4.69) is 6.92 Å². The van der Waals surface area contributed by atoms with Gasteiger partial charge in [-0.1, -0.05) is 69.7 Å². The van der Waals surface area contributed by atoms with Crippen LogP contribution in [0.25, 0.3) is 0 Å². The molecule has 1 heterocycles. The van der Waals surface area contributed by atoms with E-state index >= 15 is 4.39 Å². The number of fused-ring (bicyclic) bond motifs is 1. The number of rotatable bonds is 9. The van der Waals surface area contributed by atoms with Gasteiger partial charge in [0.1, 0.15) is 5.75 Å². The number of benzene rings is 2. The third kappa shape index (κ3) is 6.10. The maximum atomic E-state index is 15.7. The number of unbranched alkanes of at least 4 members (excludes halogenated alkanes) is 2. The standard InChI is InChI=1S/C34H45FO3/c1-3-5-6-7-23-8-10-24(11-9-23)25-12-14-26(15-13-25)30-21-18-28-22-31(34(36)38-33(28)32(30)35)27-16-19-29(20-17-27)37-4-2/h16-21,23-26,31H,3-15,22H2,1-2H3. The van der Waals surface area contributed by atoms with Gasteiger partial charge in [0.25, 0.3) is 0 Å². The van der Waals surface area contributed by atoms with Gasteiger partial charge in [-0.05, 0) is 104 Å². The molecule has 2 aromatic carbocycles. The van der Waals surface area contributed by atoms with Crippen LogP contribution in [0.4, 0.5) is 4.39 Å². The van der Waals surface area contributed by atoms with E-state index in [0.717, 1.165) is 53.0 Å². The molecule has 0 saturated heterocycles. The molecule has 3 nitrogen and oxygen atoms in total. The predicted molar refractivity (Wildman–Crippen MR) is 150 cm³/mol. The largest absolute Gasteiger partial charge is 0.494 e. The summed E-state index contributed by atoms with van der Waals surface area (Å²) in [6.45, 7) is 4.83. The molecule has 0 N–H and O–H groups in total. The van der Waals surface area contributed by atoms with Gasteiger partial charge < -0.3 is 9.47 Å². The highest BCUT2D eigenvalue weighted by atomic mass is 19.1. The van der Waals surface area contributed by atoms with E-state index in [-0.39, 0.29) is 23.5 Å². The summed E-state index contributed by atoms with van der Waals surface area (Å²) < 4.78 is 26.9. The zero-order valence-corrected chi connectivity index (χ0v) is 23.4. The van der Waals surface area contributed by atoms with Crippen LogP contribution in [0.5, 0.6) is 11.5 Å². The maximum Gasteiger partial charge on any atom is 0.319 e. The van der Waals surface area contributed by atoms with Gasteiger partial charge in [-0.2, -0.15) is 0 Å². The topological polar surface area (TPSA) is 35.5 Å². The Labute approximate surface area is 228 Å². The number of ether oxygens (including phenoxy) is 2. The van der Waals surface area contributed by atoms with Crippen molar-refractivity contribution in [2.75, 3.05) is 6.61 Å². The summed E-state index contributed by atoms with van der Waals surface area (Å²) in [7, 11) is 0. The highest BCUT2D eigenvalue weighted by Crippen LogP contribution is 2.46. The van der Waals surface area contributed by atoms with Crippen molar-refractivity contribution in [2.24, 2.45) is 17.8 Å². The Bertz CT molecular complexity index is 1060. The molecule has 1 aliphatic heterocycles. The Morgan fingerprint density at radius 2 is 1.55 bits per heavy atom. The van der Waals surface area contributed by atoms with Gasteiger partial charge >= 0.3 is 5.97 Å². The lowest BCUT2D eigenvalue weighted by molar-refractivity contribution is -0.137. The molecule has 2 fully saturated rings. The van der Waals surface area contributed by atoms with E-state index in [1.807, 2.05) is 43.3 Å². The summed E-state index contributed by atoms with van der Waals surface area (Å²) in [6.07, 6.45) is 16.1. The zero-order chi connectivity index (χ0) is 26.5. The molecule has 1 unspecified atom stereocenters. The molecule has 38 heavy (non-hydrogen) atoms. The van der Waals surface area contributed by atoms with Crippen molar-refractivity contribution in [2.45, 2.75) is 109 Å². The second kappa shape index (κ2) is 12.7. The summed E-state index contributed by atoms with van der Waals surface area (Å²) in [5.41, 5.74) is 2.41. The lowest BCUT2D eigenvalue weighted by Crippen LogP contribution is -2.28. The number of carbonyl (C=O) groups is 1. The van der Waals surface area contributed by atoms with Crippen molar-refractivity contribution in [3.8, 4) is 11.5 Å².